The van der Waals surface area contributed by atoms with Crippen molar-refractivity contribution < 1.29 is 27.1 Å². The highest BCUT2D eigenvalue weighted by Crippen LogP contribution is 2.23. The van der Waals surface area contributed by atoms with E-state index in [-0.39, 0.29) is 10.9 Å². The van der Waals surface area contributed by atoms with E-state index < -0.39 is 40.4 Å². The highest BCUT2D eigenvalue weighted by molar-refractivity contribution is 7.89. The molecule has 1 saturated carbocycles. The fourth-order valence-electron chi connectivity index (χ4n) is 3.17. The Labute approximate surface area is 165 Å². The predicted molar refractivity (Wildman–Crippen MR) is 101 cm³/mol. The van der Waals surface area contributed by atoms with Crippen molar-refractivity contribution in [3.05, 3.63) is 30.1 Å². The summed E-state index contributed by atoms with van der Waals surface area (Å²) in [6.07, 6.45) is 3.11. The van der Waals surface area contributed by atoms with Gasteiger partial charge in [0.25, 0.3) is 5.91 Å². The van der Waals surface area contributed by atoms with Gasteiger partial charge in [0.15, 0.2) is 6.10 Å². The molecule has 0 radical (unpaired) electrons. The largest absolute Gasteiger partial charge is 0.452 e. The van der Waals surface area contributed by atoms with Crippen molar-refractivity contribution in [3.8, 4) is 0 Å². The molecule has 1 aromatic carbocycles. The molecule has 3 atom stereocenters. The minimum atomic E-state index is -3.97. The average molecular weight is 414 g/mol. The number of hydrogen-bond donors (Lipinski definition) is 1. The Morgan fingerprint density at radius 2 is 1.86 bits per heavy atom. The summed E-state index contributed by atoms with van der Waals surface area (Å²) in [6.45, 7) is 2.97. The summed E-state index contributed by atoms with van der Waals surface area (Å²) in [4.78, 5) is 24.2. The molecule has 1 aromatic rings. The third-order valence-electron chi connectivity index (χ3n) is 4.99. The topological polar surface area (TPSA) is 92.8 Å². The number of carbonyl (C=O) groups excluding carboxylic acids is 2. The van der Waals surface area contributed by atoms with Crippen molar-refractivity contribution in [1.82, 2.24) is 9.62 Å². The van der Waals surface area contributed by atoms with Crippen LogP contribution in [0.5, 0.6) is 0 Å². The van der Waals surface area contributed by atoms with E-state index in [0.29, 0.717) is 5.92 Å². The van der Waals surface area contributed by atoms with E-state index in [4.69, 9.17) is 4.74 Å². The van der Waals surface area contributed by atoms with Gasteiger partial charge in [-0.2, -0.15) is 4.31 Å². The Hall–Kier alpha value is -2.00. The Bertz CT molecular complexity index is 797. The molecule has 1 aliphatic rings. The molecule has 0 bridgehead atoms. The number of hydrogen-bond acceptors (Lipinski definition) is 5. The fourth-order valence-corrected chi connectivity index (χ4v) is 4.29. The fraction of sp³-hybridized carbons (Fsp3) is 0.579. The first kappa shape index (κ1) is 22.3. The molecule has 0 aliphatic heterocycles. The Balaban J connectivity index is 1.89. The number of halogens is 1. The zero-order chi connectivity index (χ0) is 20.9. The standard InChI is InChI=1S/C19H27FN2O5S/c1-13-6-4-5-7-17(13)21-19(24)14(2)27-18(23)12-22(3)28(25,26)16-10-8-15(20)9-11-16/h8-11,13-14,17H,4-7,12H2,1-3H3,(H,21,24)/t13-,14+,17-/m0/s1. The Morgan fingerprint density at radius 3 is 2.46 bits per heavy atom. The zero-order valence-corrected chi connectivity index (χ0v) is 17.2. The van der Waals surface area contributed by atoms with Crippen LogP contribution in [0.1, 0.15) is 39.5 Å². The van der Waals surface area contributed by atoms with Gasteiger partial charge >= 0.3 is 5.97 Å². The normalized spacial score (nSPS) is 21.2. The van der Waals surface area contributed by atoms with Crippen molar-refractivity contribution in [2.45, 2.75) is 56.6 Å². The number of nitrogens with one attached hydrogen (secondary N) is 1. The van der Waals surface area contributed by atoms with Crippen LogP contribution in [0.25, 0.3) is 0 Å². The maximum atomic E-state index is 13.0. The minimum absolute atomic E-state index is 0.0592. The van der Waals surface area contributed by atoms with Gasteiger partial charge in [0.05, 0.1) is 4.90 Å². The molecule has 0 unspecified atom stereocenters. The number of likely N-dealkylation sites (N-methyl/N-ethyl adjacent to an activating group) is 1. The smallest absolute Gasteiger partial charge is 0.322 e. The lowest BCUT2D eigenvalue weighted by Crippen LogP contribution is -2.46. The molecule has 7 nitrogen and oxygen atoms in total. The monoisotopic (exact) mass is 414 g/mol. The molecule has 1 amide bonds. The van der Waals surface area contributed by atoms with E-state index in [2.05, 4.69) is 12.2 Å². The third kappa shape index (κ3) is 5.75. The van der Waals surface area contributed by atoms with Crippen LogP contribution in [0.4, 0.5) is 4.39 Å². The van der Waals surface area contributed by atoms with Gasteiger partial charge in [0, 0.05) is 13.1 Å². The Kier molecular flexibility index (Phi) is 7.54. The summed E-state index contributed by atoms with van der Waals surface area (Å²) in [5.41, 5.74) is 0. The third-order valence-corrected chi connectivity index (χ3v) is 6.81. The first-order valence-electron chi connectivity index (χ1n) is 9.33. The van der Waals surface area contributed by atoms with Crippen LogP contribution in [-0.4, -0.2) is 50.3 Å². The summed E-state index contributed by atoms with van der Waals surface area (Å²) in [5, 5.41) is 2.90. The molecule has 156 valence electrons. The molecule has 1 N–H and O–H groups in total. The van der Waals surface area contributed by atoms with Gasteiger partial charge in [0.1, 0.15) is 12.4 Å². The molecule has 1 aliphatic carbocycles. The summed E-state index contributed by atoms with van der Waals surface area (Å²) in [7, 11) is -2.75. The lowest BCUT2D eigenvalue weighted by Gasteiger charge is -2.30. The number of ether oxygens (including phenoxy) is 1. The van der Waals surface area contributed by atoms with Crippen LogP contribution >= 0.6 is 0 Å². The van der Waals surface area contributed by atoms with Crippen molar-refractivity contribution >= 4 is 21.9 Å². The van der Waals surface area contributed by atoms with Crippen LogP contribution < -0.4 is 5.32 Å². The summed E-state index contributed by atoms with van der Waals surface area (Å²) in [6, 6.07) is 4.35. The van der Waals surface area contributed by atoms with Gasteiger partial charge in [-0.25, -0.2) is 12.8 Å². The maximum absolute atomic E-state index is 13.0. The van der Waals surface area contributed by atoms with E-state index in [1.54, 1.807) is 0 Å². The molecule has 28 heavy (non-hydrogen) atoms. The van der Waals surface area contributed by atoms with E-state index in [1.807, 2.05) is 0 Å². The van der Waals surface area contributed by atoms with Crippen molar-refractivity contribution in [1.29, 1.82) is 0 Å². The number of carbonyl (C=O) groups is 2. The summed E-state index contributed by atoms with van der Waals surface area (Å²) >= 11 is 0. The lowest BCUT2D eigenvalue weighted by atomic mass is 9.86. The molecule has 0 saturated heterocycles. The molecular formula is C19H27FN2O5S. The van der Waals surface area contributed by atoms with Crippen LogP contribution in [-0.2, 0) is 24.3 Å². The molecule has 9 heteroatoms. The minimum Gasteiger partial charge on any atom is -0.452 e. The molecule has 0 aromatic heterocycles. The SMILES string of the molecule is C[C@@H](OC(=O)CN(C)S(=O)(=O)c1ccc(F)cc1)C(=O)N[C@H]1CCCC[C@@H]1C. The van der Waals surface area contributed by atoms with Crippen molar-refractivity contribution in [3.63, 3.8) is 0 Å². The van der Waals surface area contributed by atoms with E-state index in [9.17, 15) is 22.4 Å². The second-order valence-electron chi connectivity index (χ2n) is 7.22. The highest BCUT2D eigenvalue weighted by Gasteiger charge is 2.28. The van der Waals surface area contributed by atoms with Crippen LogP contribution in [0.2, 0.25) is 0 Å². The summed E-state index contributed by atoms with van der Waals surface area (Å²) in [5.74, 6) is -1.43. The first-order chi connectivity index (χ1) is 13.1. The number of benzene rings is 1. The quantitative estimate of drug-likeness (QED) is 0.690. The van der Waals surface area contributed by atoms with Crippen LogP contribution in [0.3, 0.4) is 0 Å². The second-order valence-corrected chi connectivity index (χ2v) is 9.27. The van der Waals surface area contributed by atoms with Crippen molar-refractivity contribution in [2.75, 3.05) is 13.6 Å². The molecule has 0 heterocycles. The summed E-state index contributed by atoms with van der Waals surface area (Å²) < 4.78 is 43.7. The van der Waals surface area contributed by atoms with Gasteiger partial charge in [-0.15, -0.1) is 0 Å². The number of nitrogens with zero attached hydrogens (tertiary/aromatic N) is 1. The number of esters is 1. The van der Waals surface area contributed by atoms with Crippen molar-refractivity contribution in [2.24, 2.45) is 5.92 Å². The molecule has 2 rings (SSSR count). The lowest BCUT2D eigenvalue weighted by molar-refractivity contribution is -0.155. The van der Waals surface area contributed by atoms with E-state index in [1.165, 1.54) is 14.0 Å². The predicted octanol–water partition coefficient (Wildman–Crippen LogP) is 2.07. The second kappa shape index (κ2) is 9.47. The maximum Gasteiger partial charge on any atom is 0.322 e. The van der Waals surface area contributed by atoms with Gasteiger partial charge in [-0.3, -0.25) is 9.59 Å². The van der Waals surface area contributed by atoms with Gasteiger partial charge in [-0.1, -0.05) is 19.8 Å². The number of amides is 1. The van der Waals surface area contributed by atoms with E-state index >= 15 is 0 Å². The average Bonchev–Trinajstić information content (AvgIpc) is 2.63. The highest BCUT2D eigenvalue weighted by atomic mass is 32.2. The first-order valence-corrected chi connectivity index (χ1v) is 10.8. The van der Waals surface area contributed by atoms with Crippen LogP contribution in [0.15, 0.2) is 29.2 Å². The molecular weight excluding hydrogens is 387 g/mol. The van der Waals surface area contributed by atoms with Gasteiger partial charge in [-0.05, 0) is 49.9 Å². The zero-order valence-electron chi connectivity index (χ0n) is 16.4. The van der Waals surface area contributed by atoms with E-state index in [0.717, 1.165) is 54.3 Å². The van der Waals surface area contributed by atoms with Gasteiger partial charge in [0.2, 0.25) is 10.0 Å². The molecule has 1 fully saturated rings. The number of sulfonamides is 1. The van der Waals surface area contributed by atoms with Gasteiger partial charge < -0.3 is 10.1 Å². The molecule has 0 spiro atoms. The van der Waals surface area contributed by atoms with Crippen LogP contribution in [0, 0.1) is 11.7 Å². The number of rotatable bonds is 7. The Morgan fingerprint density at radius 1 is 1.25 bits per heavy atom.